The molecular weight excluding hydrogens is 473 g/mol. The molecular formula is C23H18Cl3N3O3. The molecule has 0 saturated heterocycles. The van der Waals surface area contributed by atoms with Gasteiger partial charge in [0, 0.05) is 22.0 Å². The summed E-state index contributed by atoms with van der Waals surface area (Å²) in [7, 11) is 0. The van der Waals surface area contributed by atoms with Gasteiger partial charge in [0.05, 0.1) is 10.6 Å². The topological polar surface area (TPSA) is 87.3 Å². The van der Waals surface area contributed by atoms with E-state index in [0.717, 1.165) is 5.56 Å². The van der Waals surface area contributed by atoms with Crippen molar-refractivity contribution in [2.24, 2.45) is 0 Å². The van der Waals surface area contributed by atoms with Crippen LogP contribution < -0.4 is 16.2 Å². The van der Waals surface area contributed by atoms with Crippen molar-refractivity contribution in [3.05, 3.63) is 105 Å². The standard InChI is InChI=1S/C23H18Cl3N3O3/c24-16-8-6-15(7-9-16)21(30)27-20(12-14-4-2-1-3-5-14)23(32)29-28-22(31)18-13-17(25)10-11-19(18)26/h1-11,13,20H,12H2,(H,27,30)(H,28,31)(H,29,32)/t20-/m0/s1. The molecule has 0 radical (unpaired) electrons. The quantitative estimate of drug-likeness (QED) is 0.446. The molecule has 0 aliphatic carbocycles. The molecule has 0 aliphatic rings. The summed E-state index contributed by atoms with van der Waals surface area (Å²) in [4.78, 5) is 37.9. The number of benzene rings is 3. The number of hydrogen-bond acceptors (Lipinski definition) is 3. The fraction of sp³-hybridized carbons (Fsp3) is 0.0870. The number of hydrazine groups is 1. The fourth-order valence-electron chi connectivity index (χ4n) is 2.85. The highest BCUT2D eigenvalue weighted by Crippen LogP contribution is 2.20. The zero-order valence-electron chi connectivity index (χ0n) is 16.6. The van der Waals surface area contributed by atoms with Crippen molar-refractivity contribution < 1.29 is 14.4 Å². The molecule has 3 rings (SSSR count). The first-order chi connectivity index (χ1) is 15.3. The lowest BCUT2D eigenvalue weighted by molar-refractivity contribution is -0.123. The maximum absolute atomic E-state index is 12.8. The minimum Gasteiger partial charge on any atom is -0.340 e. The van der Waals surface area contributed by atoms with Crippen LogP contribution in [0.15, 0.2) is 72.8 Å². The molecule has 32 heavy (non-hydrogen) atoms. The van der Waals surface area contributed by atoms with Gasteiger partial charge in [0.2, 0.25) is 0 Å². The monoisotopic (exact) mass is 489 g/mol. The van der Waals surface area contributed by atoms with Crippen LogP contribution >= 0.6 is 34.8 Å². The van der Waals surface area contributed by atoms with E-state index >= 15 is 0 Å². The molecule has 3 amide bonds. The first kappa shape index (κ1) is 23.6. The molecule has 0 spiro atoms. The summed E-state index contributed by atoms with van der Waals surface area (Å²) < 4.78 is 0. The minimum atomic E-state index is -0.962. The molecule has 0 bridgehead atoms. The van der Waals surface area contributed by atoms with Crippen LogP contribution in [-0.2, 0) is 11.2 Å². The largest absolute Gasteiger partial charge is 0.340 e. The van der Waals surface area contributed by atoms with E-state index < -0.39 is 23.8 Å². The van der Waals surface area contributed by atoms with Crippen molar-refractivity contribution in [2.75, 3.05) is 0 Å². The second kappa shape index (κ2) is 11.0. The first-order valence-electron chi connectivity index (χ1n) is 9.49. The van der Waals surface area contributed by atoms with Gasteiger partial charge < -0.3 is 5.32 Å². The predicted molar refractivity (Wildman–Crippen MR) is 125 cm³/mol. The predicted octanol–water partition coefficient (Wildman–Crippen LogP) is 4.45. The van der Waals surface area contributed by atoms with E-state index in [1.54, 1.807) is 30.3 Å². The molecule has 3 N–H and O–H groups in total. The lowest BCUT2D eigenvalue weighted by Crippen LogP contribution is -2.53. The molecule has 0 aromatic heterocycles. The van der Waals surface area contributed by atoms with Crippen molar-refractivity contribution >= 4 is 52.5 Å². The van der Waals surface area contributed by atoms with Crippen molar-refractivity contribution in [2.45, 2.75) is 12.5 Å². The molecule has 164 valence electrons. The van der Waals surface area contributed by atoms with Crippen LogP contribution in [0.2, 0.25) is 15.1 Å². The third-order valence-corrected chi connectivity index (χ3v) is 5.30. The Labute approximate surface area is 199 Å². The van der Waals surface area contributed by atoms with Crippen molar-refractivity contribution in [1.29, 1.82) is 0 Å². The molecule has 0 saturated carbocycles. The number of halogens is 3. The van der Waals surface area contributed by atoms with E-state index in [-0.39, 0.29) is 17.0 Å². The third-order valence-electron chi connectivity index (χ3n) is 4.48. The molecule has 0 aliphatic heterocycles. The molecule has 3 aromatic rings. The maximum atomic E-state index is 12.8. The highest BCUT2D eigenvalue weighted by Gasteiger charge is 2.23. The van der Waals surface area contributed by atoms with Crippen molar-refractivity contribution in [3.8, 4) is 0 Å². The summed E-state index contributed by atoms with van der Waals surface area (Å²) >= 11 is 17.8. The Balaban J connectivity index is 1.72. The number of carbonyl (C=O) groups is 3. The van der Waals surface area contributed by atoms with Crippen molar-refractivity contribution in [1.82, 2.24) is 16.2 Å². The molecule has 0 unspecified atom stereocenters. The van der Waals surface area contributed by atoms with Gasteiger partial charge in [-0.15, -0.1) is 0 Å². The normalized spacial score (nSPS) is 11.3. The van der Waals surface area contributed by atoms with E-state index in [0.29, 0.717) is 15.6 Å². The molecule has 0 fully saturated rings. The van der Waals surface area contributed by atoms with Crippen LogP contribution in [0.25, 0.3) is 0 Å². The average Bonchev–Trinajstić information content (AvgIpc) is 2.79. The Hall–Kier alpha value is -3.06. The fourth-order valence-corrected chi connectivity index (χ4v) is 3.35. The first-order valence-corrected chi connectivity index (χ1v) is 10.6. The second-order valence-electron chi connectivity index (χ2n) is 6.79. The Morgan fingerprint density at radius 1 is 0.750 bits per heavy atom. The number of amides is 3. The molecule has 6 nitrogen and oxygen atoms in total. The van der Waals surface area contributed by atoms with E-state index in [4.69, 9.17) is 34.8 Å². The second-order valence-corrected chi connectivity index (χ2v) is 8.07. The summed E-state index contributed by atoms with van der Waals surface area (Å²) in [6.07, 6.45) is 0.208. The van der Waals surface area contributed by atoms with Gasteiger partial charge in [0.1, 0.15) is 6.04 Å². The highest BCUT2D eigenvalue weighted by atomic mass is 35.5. The number of carbonyl (C=O) groups excluding carboxylic acids is 3. The summed E-state index contributed by atoms with van der Waals surface area (Å²) in [6, 6.07) is 18.9. The van der Waals surface area contributed by atoms with Gasteiger partial charge in [-0.3, -0.25) is 25.2 Å². The Bertz CT molecular complexity index is 1120. The van der Waals surface area contributed by atoms with Crippen LogP contribution in [0.3, 0.4) is 0 Å². The van der Waals surface area contributed by atoms with Gasteiger partial charge in [-0.05, 0) is 48.0 Å². The smallest absolute Gasteiger partial charge is 0.271 e. The Morgan fingerprint density at radius 2 is 1.41 bits per heavy atom. The molecule has 9 heteroatoms. The van der Waals surface area contributed by atoms with Crippen LogP contribution in [0, 0.1) is 0 Å². The lowest BCUT2D eigenvalue weighted by Gasteiger charge is -2.19. The van der Waals surface area contributed by atoms with Crippen LogP contribution in [0.1, 0.15) is 26.3 Å². The zero-order chi connectivity index (χ0) is 23.1. The number of hydrogen-bond donors (Lipinski definition) is 3. The van der Waals surface area contributed by atoms with Crippen LogP contribution in [0.4, 0.5) is 0 Å². The van der Waals surface area contributed by atoms with Gasteiger partial charge in [0.25, 0.3) is 17.7 Å². The van der Waals surface area contributed by atoms with Gasteiger partial charge >= 0.3 is 0 Å². The van der Waals surface area contributed by atoms with Gasteiger partial charge in [-0.2, -0.15) is 0 Å². The molecule has 1 atom stereocenters. The maximum Gasteiger partial charge on any atom is 0.271 e. The average molecular weight is 491 g/mol. The van der Waals surface area contributed by atoms with E-state index in [9.17, 15) is 14.4 Å². The summed E-state index contributed by atoms with van der Waals surface area (Å²) in [6.45, 7) is 0. The van der Waals surface area contributed by atoms with Gasteiger partial charge in [-0.25, -0.2) is 0 Å². The number of rotatable bonds is 6. The molecule has 0 heterocycles. The Morgan fingerprint density at radius 3 is 2.09 bits per heavy atom. The summed E-state index contributed by atoms with van der Waals surface area (Å²) in [5.74, 6) is -1.71. The van der Waals surface area contributed by atoms with Crippen LogP contribution in [-0.4, -0.2) is 23.8 Å². The SMILES string of the molecule is O=C(N[C@@H](Cc1ccccc1)C(=O)NNC(=O)c1cc(Cl)ccc1Cl)c1ccc(Cl)cc1. The number of nitrogens with one attached hydrogen (secondary N) is 3. The van der Waals surface area contributed by atoms with E-state index in [1.165, 1.54) is 12.1 Å². The van der Waals surface area contributed by atoms with Crippen LogP contribution in [0.5, 0.6) is 0 Å². The summed E-state index contributed by atoms with van der Waals surface area (Å²) in [5, 5.41) is 3.68. The zero-order valence-corrected chi connectivity index (χ0v) is 18.8. The van der Waals surface area contributed by atoms with E-state index in [1.807, 2.05) is 30.3 Å². The Kier molecular flexibility index (Phi) is 8.11. The van der Waals surface area contributed by atoms with Gasteiger partial charge in [0.15, 0.2) is 0 Å². The third kappa shape index (κ3) is 6.47. The van der Waals surface area contributed by atoms with Crippen molar-refractivity contribution in [3.63, 3.8) is 0 Å². The molecule has 3 aromatic carbocycles. The minimum absolute atomic E-state index is 0.101. The lowest BCUT2D eigenvalue weighted by atomic mass is 10.0. The van der Waals surface area contributed by atoms with E-state index in [2.05, 4.69) is 16.2 Å². The van der Waals surface area contributed by atoms with Gasteiger partial charge in [-0.1, -0.05) is 65.1 Å². The highest BCUT2D eigenvalue weighted by molar-refractivity contribution is 6.35. The summed E-state index contributed by atoms with van der Waals surface area (Å²) in [5.41, 5.74) is 5.91.